The molecule has 2 aliphatic rings. The lowest BCUT2D eigenvalue weighted by molar-refractivity contribution is -0.797. The van der Waals surface area contributed by atoms with Crippen molar-refractivity contribution < 1.29 is 38.9 Å². The van der Waals surface area contributed by atoms with Crippen molar-refractivity contribution in [2.24, 2.45) is 11.8 Å². The molecule has 0 bridgehead atoms. The summed E-state index contributed by atoms with van der Waals surface area (Å²) >= 11 is 6.01. The molecule has 1 aromatic carbocycles. The minimum atomic E-state index is -1.31. The molecule has 2 heterocycles. The number of amides is 1. The summed E-state index contributed by atoms with van der Waals surface area (Å²) in [6, 6.07) is 6.11. The van der Waals surface area contributed by atoms with Gasteiger partial charge in [0, 0.05) is 28.3 Å². The van der Waals surface area contributed by atoms with Gasteiger partial charge in [-0.3, -0.25) is 9.78 Å². The Balaban J connectivity index is 1.50. The highest BCUT2D eigenvalue weighted by molar-refractivity contribution is 6.30. The maximum Gasteiger partial charge on any atom is 0.334 e. The van der Waals surface area contributed by atoms with E-state index in [1.165, 1.54) is 0 Å². The molecule has 2 aromatic rings. The van der Waals surface area contributed by atoms with E-state index in [0.29, 0.717) is 16.3 Å². The first-order chi connectivity index (χ1) is 19.4. The van der Waals surface area contributed by atoms with Crippen molar-refractivity contribution in [3.63, 3.8) is 0 Å². The molecule has 0 radical (unpaired) electrons. The van der Waals surface area contributed by atoms with E-state index in [0.717, 1.165) is 11.1 Å². The quantitative estimate of drug-likeness (QED) is 0.228. The van der Waals surface area contributed by atoms with E-state index in [4.69, 9.17) is 21.1 Å². The number of nitrogens with zero attached hydrogens (tertiary/aromatic N) is 3. The number of hydrogen-bond donors (Lipinski definition) is 1. The highest BCUT2D eigenvalue weighted by Crippen LogP contribution is 2.41. The third-order valence-electron chi connectivity index (χ3n) is 6.97. The van der Waals surface area contributed by atoms with Crippen molar-refractivity contribution in [3.8, 4) is 5.75 Å². The topological polar surface area (TPSA) is 182 Å². The maximum atomic E-state index is 13.4. The van der Waals surface area contributed by atoms with E-state index in [1.807, 2.05) is 26.0 Å². The van der Waals surface area contributed by atoms with Crippen LogP contribution in [-0.2, 0) is 30.6 Å². The van der Waals surface area contributed by atoms with E-state index < -0.39 is 52.3 Å². The average Bonchev–Trinajstić information content (AvgIpc) is 3.49. The molecule has 1 amide bonds. The molecule has 1 aliphatic heterocycles. The van der Waals surface area contributed by atoms with Crippen LogP contribution in [0.5, 0.6) is 5.75 Å². The van der Waals surface area contributed by atoms with E-state index in [9.17, 15) is 29.8 Å². The third kappa shape index (κ3) is 7.19. The number of aryl methyl sites for hydroxylation is 1. The number of pyridine rings is 1. The smallest absolute Gasteiger partial charge is 0.334 e. The molecule has 41 heavy (non-hydrogen) atoms. The van der Waals surface area contributed by atoms with E-state index in [1.54, 1.807) is 25.3 Å². The fraction of sp³-hybridized carbons (Fsp3) is 0.500. The second-order valence-electron chi connectivity index (χ2n) is 10.4. The molecule has 4 rings (SSSR count). The lowest BCUT2D eigenvalue weighted by Gasteiger charge is -2.22. The Morgan fingerprint density at radius 2 is 1.73 bits per heavy atom. The summed E-state index contributed by atoms with van der Waals surface area (Å²) in [5, 5.41) is 22.7. The van der Waals surface area contributed by atoms with Crippen molar-refractivity contribution in [1.29, 1.82) is 0 Å². The van der Waals surface area contributed by atoms with Crippen molar-refractivity contribution in [1.82, 2.24) is 10.3 Å². The number of nitrogens with one attached hydrogen (secondary N) is 1. The van der Waals surface area contributed by atoms with Gasteiger partial charge in [-0.1, -0.05) is 37.6 Å². The van der Waals surface area contributed by atoms with Crippen LogP contribution in [0.4, 0.5) is 0 Å². The first kappa shape index (κ1) is 29.9. The summed E-state index contributed by atoms with van der Waals surface area (Å²) < 4.78 is 11.8. The van der Waals surface area contributed by atoms with Gasteiger partial charge < -0.3 is 24.5 Å². The van der Waals surface area contributed by atoms with Crippen LogP contribution in [0.2, 0.25) is 5.02 Å². The number of hydrogen-bond acceptors (Lipinski definition) is 11. The molecule has 5 atom stereocenters. The summed E-state index contributed by atoms with van der Waals surface area (Å²) in [7, 11) is 0. The normalized spacial score (nSPS) is 22.1. The lowest BCUT2D eigenvalue weighted by atomic mass is 10.00. The Morgan fingerprint density at radius 1 is 1.12 bits per heavy atom. The number of carbonyl (C=O) groups is 2. The summed E-state index contributed by atoms with van der Waals surface area (Å²) in [6.07, 6.45) is -1.54. The Morgan fingerprint density at radius 3 is 2.29 bits per heavy atom. The first-order valence-electron chi connectivity index (χ1n) is 12.9. The maximum absolute atomic E-state index is 13.4. The second-order valence-corrected chi connectivity index (χ2v) is 10.8. The van der Waals surface area contributed by atoms with Crippen LogP contribution in [0.3, 0.4) is 0 Å². The SMILES string of the molecule is Cc1ncc2c(c1OC(=O)[C@@H](CC(C)C)NC(=O)[C@@H]1C[C@H](O[N+](=O)[O-])[C@H](O[N+](=O)[O-])C1)COC2c1ccc(Cl)cc1. The molecule has 1 unspecified atom stereocenters. The third-order valence-corrected chi connectivity index (χ3v) is 7.22. The number of halogens is 1. The van der Waals surface area contributed by atoms with Gasteiger partial charge in [-0.15, -0.1) is 20.2 Å². The Hall–Kier alpha value is -4.04. The van der Waals surface area contributed by atoms with Crippen molar-refractivity contribution in [2.45, 2.75) is 71.0 Å². The minimum absolute atomic E-state index is 0.0223. The van der Waals surface area contributed by atoms with E-state index in [2.05, 4.69) is 20.0 Å². The molecule has 1 aromatic heterocycles. The number of ether oxygens (including phenoxy) is 2. The molecule has 0 spiro atoms. The van der Waals surface area contributed by atoms with Crippen molar-refractivity contribution in [3.05, 3.63) is 78.1 Å². The van der Waals surface area contributed by atoms with Gasteiger partial charge >= 0.3 is 5.97 Å². The van der Waals surface area contributed by atoms with Crippen LogP contribution in [0.15, 0.2) is 30.5 Å². The van der Waals surface area contributed by atoms with E-state index >= 15 is 0 Å². The fourth-order valence-electron chi connectivity index (χ4n) is 5.10. The van der Waals surface area contributed by atoms with Crippen LogP contribution in [-0.4, -0.2) is 45.3 Å². The zero-order chi connectivity index (χ0) is 29.8. The summed E-state index contributed by atoms with van der Waals surface area (Å²) in [6.45, 7) is 5.59. The van der Waals surface area contributed by atoms with Crippen LogP contribution in [0, 0.1) is 39.0 Å². The molecule has 1 N–H and O–H groups in total. The molecule has 15 heteroatoms. The highest BCUT2D eigenvalue weighted by atomic mass is 35.5. The molecule has 1 saturated carbocycles. The average molecular weight is 593 g/mol. The number of carbonyl (C=O) groups excluding carboxylic acids is 2. The van der Waals surface area contributed by atoms with Crippen LogP contribution in [0.1, 0.15) is 61.6 Å². The monoisotopic (exact) mass is 592 g/mol. The fourth-order valence-corrected chi connectivity index (χ4v) is 5.22. The number of esters is 1. The number of fused-ring (bicyclic) bond motifs is 1. The van der Waals surface area contributed by atoms with Gasteiger partial charge in [0.05, 0.1) is 12.3 Å². The minimum Gasteiger partial charge on any atom is -0.423 e. The molecule has 0 saturated heterocycles. The molecule has 14 nitrogen and oxygen atoms in total. The van der Waals surface area contributed by atoms with Gasteiger partial charge in [0.2, 0.25) is 5.91 Å². The van der Waals surface area contributed by atoms with Gasteiger partial charge in [0.15, 0.2) is 5.75 Å². The largest absolute Gasteiger partial charge is 0.423 e. The van der Waals surface area contributed by atoms with E-state index in [-0.39, 0.29) is 37.5 Å². The van der Waals surface area contributed by atoms with Crippen molar-refractivity contribution in [2.75, 3.05) is 0 Å². The summed E-state index contributed by atoms with van der Waals surface area (Å²) in [5.41, 5.74) is 2.72. The first-order valence-corrected chi connectivity index (χ1v) is 13.3. The van der Waals surface area contributed by atoms with Gasteiger partial charge in [-0.2, -0.15) is 0 Å². The zero-order valence-electron chi connectivity index (χ0n) is 22.5. The number of benzene rings is 1. The van der Waals surface area contributed by atoms with Crippen LogP contribution in [0.25, 0.3) is 0 Å². The van der Waals surface area contributed by atoms with Crippen molar-refractivity contribution >= 4 is 23.5 Å². The Kier molecular flexibility index (Phi) is 9.23. The molecule has 1 fully saturated rings. The number of rotatable bonds is 11. The molecule has 1 aliphatic carbocycles. The number of aromatic nitrogens is 1. The van der Waals surface area contributed by atoms with Gasteiger partial charge in [-0.25, -0.2) is 4.79 Å². The predicted octanol–water partition coefficient (Wildman–Crippen LogP) is 3.66. The standard InChI is InChI=1S/C26H29ClN4O10/c1-13(2)8-20(29-25(32)16-9-21(40-30(34)35)22(10-16)41-31(36)37)26(33)39-23-14(3)28-11-18-19(23)12-38-24(18)15-4-6-17(27)7-5-15/h4-7,11,13,16,20-22,24H,8-10,12H2,1-3H3,(H,29,32)/t16-,20-,21+,22-,24?/m1/s1. The predicted molar refractivity (Wildman–Crippen MR) is 141 cm³/mol. The zero-order valence-corrected chi connectivity index (χ0v) is 23.2. The Bertz CT molecular complexity index is 1300. The van der Waals surface area contributed by atoms with Gasteiger partial charge in [-0.05, 0) is 49.8 Å². The lowest BCUT2D eigenvalue weighted by Crippen LogP contribution is -2.46. The molecular weight excluding hydrogens is 564 g/mol. The summed E-state index contributed by atoms with van der Waals surface area (Å²) in [4.78, 5) is 61.6. The van der Waals surface area contributed by atoms with Gasteiger partial charge in [0.25, 0.3) is 10.2 Å². The molecular formula is C26H29ClN4O10. The van der Waals surface area contributed by atoms with Crippen LogP contribution < -0.4 is 10.1 Å². The van der Waals surface area contributed by atoms with Crippen LogP contribution >= 0.6 is 11.6 Å². The molecule has 220 valence electrons. The van der Waals surface area contributed by atoms with Gasteiger partial charge in [0.1, 0.15) is 24.4 Å². The highest BCUT2D eigenvalue weighted by Gasteiger charge is 2.43. The second kappa shape index (κ2) is 12.6. The Labute approximate surface area is 239 Å². The summed E-state index contributed by atoms with van der Waals surface area (Å²) in [5.74, 6) is -2.06.